The second-order valence-corrected chi connectivity index (χ2v) is 12.2. The van der Waals surface area contributed by atoms with Crippen LogP contribution >= 0.6 is 46.0 Å². The number of halogens is 2. The molecule has 0 fully saturated rings. The van der Waals surface area contributed by atoms with Crippen LogP contribution in [0.3, 0.4) is 0 Å². The summed E-state index contributed by atoms with van der Waals surface area (Å²) in [5.74, 6) is 0.471. The molecule has 5 rings (SSSR count). The lowest BCUT2D eigenvalue weighted by molar-refractivity contribution is -0.685. The topological polar surface area (TPSA) is 29.1 Å². The van der Waals surface area contributed by atoms with E-state index in [1.54, 1.807) is 34.4 Å². The van der Waals surface area contributed by atoms with Gasteiger partial charge >= 0.3 is 0 Å². The van der Waals surface area contributed by atoms with E-state index in [1.807, 2.05) is 35.8 Å². The number of aromatic nitrogens is 2. The molecule has 0 unspecified atom stereocenters. The van der Waals surface area contributed by atoms with Crippen molar-refractivity contribution in [2.45, 2.75) is 44.7 Å². The number of anilines is 1. The monoisotopic (exact) mass is 575 g/mol. The molecule has 0 aliphatic carbocycles. The molecule has 4 nitrogen and oxygen atoms in total. The van der Waals surface area contributed by atoms with Gasteiger partial charge in [0, 0.05) is 24.1 Å². The van der Waals surface area contributed by atoms with Crippen molar-refractivity contribution in [2.24, 2.45) is 0 Å². The Morgan fingerprint density at radius 3 is 2.67 bits per heavy atom. The minimum Gasteiger partial charge on any atom is -1.00 e. The fraction of sp³-hybridized carbons (Fsp3) is 0.259. The zero-order chi connectivity index (χ0) is 24.7. The molecule has 36 heavy (non-hydrogen) atoms. The quantitative estimate of drug-likeness (QED) is 0.342. The average molecular weight is 577 g/mol. The zero-order valence-electron chi connectivity index (χ0n) is 20.5. The van der Waals surface area contributed by atoms with Crippen LogP contribution in [0.5, 0.6) is 0 Å². The molecule has 3 heterocycles. The van der Waals surface area contributed by atoms with Crippen molar-refractivity contribution in [3.8, 4) is 0 Å². The van der Waals surface area contributed by atoms with E-state index in [1.165, 1.54) is 10.5 Å². The third-order valence-corrected chi connectivity index (χ3v) is 9.89. The smallest absolute Gasteiger partial charge is 0.271 e. The van der Waals surface area contributed by atoms with Crippen LogP contribution in [0.25, 0.3) is 11.1 Å². The molecule has 0 atom stereocenters. The van der Waals surface area contributed by atoms with Crippen LogP contribution in [0.15, 0.2) is 63.7 Å². The van der Waals surface area contributed by atoms with Crippen molar-refractivity contribution in [1.82, 2.24) is 4.57 Å². The number of fused-ring (bicyclic) bond motifs is 1. The van der Waals surface area contributed by atoms with E-state index in [2.05, 4.69) is 66.2 Å². The molecule has 0 spiro atoms. The Morgan fingerprint density at radius 1 is 1.17 bits per heavy atom. The van der Waals surface area contributed by atoms with Crippen LogP contribution < -0.4 is 36.6 Å². The molecule has 0 saturated heterocycles. The maximum Gasteiger partial charge on any atom is 0.271 e. The van der Waals surface area contributed by atoms with Gasteiger partial charge in [-0.2, -0.15) is 4.57 Å². The number of thioether (sulfide) groups is 1. The lowest BCUT2D eigenvalue weighted by Crippen LogP contribution is -3.00. The van der Waals surface area contributed by atoms with Crippen LogP contribution in [-0.2, 0) is 13.1 Å². The van der Waals surface area contributed by atoms with E-state index in [-0.39, 0.29) is 18.0 Å². The maximum atomic E-state index is 13.5. The number of benzene rings is 2. The average Bonchev–Trinajstić information content (AvgIpc) is 3.51. The van der Waals surface area contributed by atoms with Crippen LogP contribution in [-0.4, -0.2) is 11.6 Å². The van der Waals surface area contributed by atoms with Gasteiger partial charge in [-0.15, -0.1) is 11.3 Å². The Morgan fingerprint density at radius 2 is 1.94 bits per heavy atom. The molecule has 0 N–H and O–H groups in total. The molecule has 0 radical (unpaired) electrons. The van der Waals surface area contributed by atoms with Crippen molar-refractivity contribution < 1.29 is 17.0 Å². The largest absolute Gasteiger partial charge is 1.00 e. The summed E-state index contributed by atoms with van der Waals surface area (Å²) in [6.07, 6.45) is 4.20. The van der Waals surface area contributed by atoms with Crippen molar-refractivity contribution in [3.63, 3.8) is 0 Å². The number of nitrogens with zero attached hydrogens (tertiary/aromatic N) is 3. The van der Waals surface area contributed by atoms with E-state index in [9.17, 15) is 4.79 Å². The Bertz CT molecular complexity index is 1590. The molecule has 0 saturated carbocycles. The predicted octanol–water partition coefficient (Wildman–Crippen LogP) is 2.24. The standard InChI is InChI=1S/C27H27ClN3OS3.ClH/c1-5-31-24(15-23-30(12-13-33-23)16-19-8-6-7-9-20(19)28)35-25(26(31)32)27-29(4)21-11-10-18(17(2)3)14-22(21)34-27;/h6-15,17H,5,16H2,1-4H3;1H/q+1;/p-1/b27-25+;. The summed E-state index contributed by atoms with van der Waals surface area (Å²) in [6, 6.07) is 14.5. The van der Waals surface area contributed by atoms with Gasteiger partial charge in [0.25, 0.3) is 10.6 Å². The molecule has 9 heteroatoms. The maximum absolute atomic E-state index is 13.5. The van der Waals surface area contributed by atoms with E-state index >= 15 is 0 Å². The SMILES string of the molecule is CCn1c(=O)/c(=C2\Sc3cc(C(C)C)ccc3N2C)s/c1=C\c1scc[n+]1Cc1ccccc1Cl.[Cl-]. The Hall–Kier alpha value is -2.03. The number of hydrogen-bond acceptors (Lipinski definition) is 5. The van der Waals surface area contributed by atoms with Gasteiger partial charge in [-0.25, -0.2) is 0 Å². The molecule has 2 aromatic heterocycles. The molecule has 1 aliphatic rings. The van der Waals surface area contributed by atoms with Crippen LogP contribution in [0.4, 0.5) is 5.69 Å². The number of hydrogen-bond donors (Lipinski definition) is 0. The Balaban J connectivity index is 0.00000304. The first-order valence-electron chi connectivity index (χ1n) is 11.6. The molecule has 1 aliphatic heterocycles. The summed E-state index contributed by atoms with van der Waals surface area (Å²) < 4.78 is 5.82. The first-order chi connectivity index (χ1) is 16.9. The van der Waals surface area contributed by atoms with Gasteiger partial charge in [-0.3, -0.25) is 9.36 Å². The van der Waals surface area contributed by atoms with Gasteiger partial charge in [0.05, 0.1) is 22.2 Å². The lowest BCUT2D eigenvalue weighted by Gasteiger charge is -2.13. The third kappa shape index (κ3) is 5.04. The van der Waals surface area contributed by atoms with Crippen molar-refractivity contribution in [2.75, 3.05) is 11.9 Å². The highest BCUT2D eigenvalue weighted by Gasteiger charge is 2.25. The van der Waals surface area contributed by atoms with E-state index in [0.717, 1.165) is 35.5 Å². The number of rotatable bonds is 5. The van der Waals surface area contributed by atoms with Gasteiger partial charge in [0.1, 0.15) is 14.2 Å². The molecule has 4 aromatic rings. The highest BCUT2D eigenvalue weighted by Crippen LogP contribution is 2.46. The summed E-state index contributed by atoms with van der Waals surface area (Å²) >= 11 is 11.3. The molecule has 188 valence electrons. The highest BCUT2D eigenvalue weighted by atomic mass is 35.5. The summed E-state index contributed by atoms with van der Waals surface area (Å²) in [6.45, 7) is 7.76. The lowest BCUT2D eigenvalue weighted by atomic mass is 10.0. The zero-order valence-corrected chi connectivity index (χ0v) is 24.5. The fourth-order valence-corrected chi connectivity index (χ4v) is 7.73. The van der Waals surface area contributed by atoms with Gasteiger partial charge in [-0.05, 0) is 36.6 Å². The summed E-state index contributed by atoms with van der Waals surface area (Å²) in [4.78, 5) is 16.9. The second-order valence-electron chi connectivity index (χ2n) is 8.77. The van der Waals surface area contributed by atoms with Crippen LogP contribution in [0.2, 0.25) is 5.02 Å². The van der Waals surface area contributed by atoms with Crippen LogP contribution in [0, 0.1) is 0 Å². The van der Waals surface area contributed by atoms with Gasteiger partial charge in [0.15, 0.2) is 12.7 Å². The minimum atomic E-state index is 0. The Kier molecular flexibility index (Phi) is 8.37. The first kappa shape index (κ1) is 27.0. The number of thiazole rings is 2. The minimum absolute atomic E-state index is 0. The summed E-state index contributed by atoms with van der Waals surface area (Å²) in [5.41, 5.74) is 3.62. The van der Waals surface area contributed by atoms with Crippen LogP contribution in [0.1, 0.15) is 42.8 Å². The molecular weight excluding hydrogens is 549 g/mol. The van der Waals surface area contributed by atoms with Crippen molar-refractivity contribution >= 4 is 62.8 Å². The van der Waals surface area contributed by atoms with Crippen molar-refractivity contribution in [1.29, 1.82) is 0 Å². The van der Waals surface area contributed by atoms with Crippen molar-refractivity contribution in [3.05, 3.63) is 94.7 Å². The predicted molar refractivity (Wildman–Crippen MR) is 150 cm³/mol. The molecule has 0 bridgehead atoms. The van der Waals surface area contributed by atoms with Gasteiger partial charge in [0.2, 0.25) is 0 Å². The first-order valence-corrected chi connectivity index (χ1v) is 14.5. The van der Waals surface area contributed by atoms with Gasteiger partial charge in [-0.1, -0.05) is 72.8 Å². The molecule has 0 amide bonds. The van der Waals surface area contributed by atoms with E-state index in [0.29, 0.717) is 19.0 Å². The van der Waals surface area contributed by atoms with Gasteiger partial charge < -0.3 is 17.3 Å². The van der Waals surface area contributed by atoms with E-state index < -0.39 is 0 Å². The Labute approximate surface area is 234 Å². The summed E-state index contributed by atoms with van der Waals surface area (Å²) in [7, 11) is 2.05. The fourth-order valence-electron chi connectivity index (χ4n) is 4.18. The highest BCUT2D eigenvalue weighted by molar-refractivity contribution is 8.08. The second kappa shape index (κ2) is 11.2. The molecule has 2 aromatic carbocycles. The normalized spacial score (nSPS) is 14.9. The third-order valence-electron chi connectivity index (χ3n) is 6.20. The van der Waals surface area contributed by atoms with E-state index in [4.69, 9.17) is 11.6 Å². The summed E-state index contributed by atoms with van der Waals surface area (Å²) in [5, 5.41) is 4.93. The molecular formula is C27H27Cl2N3OS3.